The quantitative estimate of drug-likeness (QED) is 0.814. The first-order valence-corrected chi connectivity index (χ1v) is 6.20. The number of rotatable bonds is 4. The van der Waals surface area contributed by atoms with Gasteiger partial charge in [0.2, 0.25) is 0 Å². The van der Waals surface area contributed by atoms with Crippen molar-refractivity contribution in [3.8, 4) is 0 Å². The molecule has 0 aliphatic heterocycles. The second-order valence-corrected chi connectivity index (χ2v) is 4.62. The predicted octanol–water partition coefficient (Wildman–Crippen LogP) is 3.41. The van der Waals surface area contributed by atoms with Gasteiger partial charge in [-0.15, -0.1) is 0 Å². The van der Waals surface area contributed by atoms with E-state index in [-0.39, 0.29) is 5.82 Å². The Labute approximate surface area is 106 Å². The van der Waals surface area contributed by atoms with E-state index < -0.39 is 0 Å². The maximum Gasteiger partial charge on any atom is 0.150 e. The van der Waals surface area contributed by atoms with E-state index in [1.807, 2.05) is 6.07 Å². The van der Waals surface area contributed by atoms with E-state index in [4.69, 9.17) is 5.73 Å². The van der Waals surface area contributed by atoms with E-state index in [1.54, 1.807) is 12.3 Å². The van der Waals surface area contributed by atoms with Gasteiger partial charge in [0.05, 0.1) is 11.2 Å². The highest BCUT2D eigenvalue weighted by atomic mass is 19.1. The van der Waals surface area contributed by atoms with E-state index in [9.17, 15) is 4.39 Å². The van der Waals surface area contributed by atoms with Gasteiger partial charge in [0.1, 0.15) is 0 Å². The number of benzene rings is 1. The van der Waals surface area contributed by atoms with Crippen LogP contribution in [-0.2, 0) is 0 Å². The molecule has 2 rings (SSSR count). The molecule has 96 valence electrons. The highest BCUT2D eigenvalue weighted by molar-refractivity contribution is 5.98. The third-order valence-corrected chi connectivity index (χ3v) is 3.20. The molecular formula is C14H18FN3. The van der Waals surface area contributed by atoms with Crippen LogP contribution in [0.2, 0.25) is 0 Å². The van der Waals surface area contributed by atoms with Gasteiger partial charge >= 0.3 is 0 Å². The Morgan fingerprint density at radius 3 is 3.00 bits per heavy atom. The van der Waals surface area contributed by atoms with Crippen molar-refractivity contribution in [3.63, 3.8) is 0 Å². The van der Waals surface area contributed by atoms with Crippen molar-refractivity contribution in [2.75, 3.05) is 17.6 Å². The number of hydrogen-bond acceptors (Lipinski definition) is 3. The summed E-state index contributed by atoms with van der Waals surface area (Å²) in [4.78, 5) is 4.22. The van der Waals surface area contributed by atoms with E-state index in [2.05, 4.69) is 24.1 Å². The second kappa shape index (κ2) is 5.21. The maximum atomic E-state index is 14.0. The largest absolute Gasteiger partial charge is 0.398 e. The Morgan fingerprint density at radius 1 is 1.50 bits per heavy atom. The lowest BCUT2D eigenvalue weighted by atomic mass is 10.1. The SMILES string of the molecule is CCC(C)CNc1c(F)cc(N)c2cccnc12. The topological polar surface area (TPSA) is 50.9 Å². The molecule has 0 saturated heterocycles. The molecule has 0 amide bonds. The molecule has 1 atom stereocenters. The lowest BCUT2D eigenvalue weighted by Crippen LogP contribution is -2.12. The smallest absolute Gasteiger partial charge is 0.150 e. The van der Waals surface area contributed by atoms with Crippen molar-refractivity contribution in [1.29, 1.82) is 0 Å². The molecule has 2 aromatic rings. The summed E-state index contributed by atoms with van der Waals surface area (Å²) < 4.78 is 14.0. The average Bonchev–Trinajstić information content (AvgIpc) is 2.38. The molecule has 1 heterocycles. The fraction of sp³-hybridized carbons (Fsp3) is 0.357. The molecule has 0 spiro atoms. The number of nitrogens with one attached hydrogen (secondary N) is 1. The van der Waals surface area contributed by atoms with Gasteiger partial charge in [0.15, 0.2) is 5.82 Å². The molecule has 0 aliphatic carbocycles. The summed E-state index contributed by atoms with van der Waals surface area (Å²) >= 11 is 0. The van der Waals surface area contributed by atoms with E-state index in [1.165, 1.54) is 6.07 Å². The monoisotopic (exact) mass is 247 g/mol. The lowest BCUT2D eigenvalue weighted by Gasteiger charge is -2.14. The number of fused-ring (bicyclic) bond motifs is 1. The minimum atomic E-state index is -0.345. The fourth-order valence-corrected chi connectivity index (χ4v) is 1.83. The maximum absolute atomic E-state index is 14.0. The number of nitrogens with two attached hydrogens (primary N) is 1. The molecule has 0 aliphatic rings. The number of hydrogen-bond donors (Lipinski definition) is 2. The van der Waals surface area contributed by atoms with Crippen molar-refractivity contribution in [2.24, 2.45) is 5.92 Å². The lowest BCUT2D eigenvalue weighted by molar-refractivity contribution is 0.586. The van der Waals surface area contributed by atoms with Crippen LogP contribution in [0.25, 0.3) is 10.9 Å². The Morgan fingerprint density at radius 2 is 2.28 bits per heavy atom. The van der Waals surface area contributed by atoms with Gasteiger partial charge in [0.25, 0.3) is 0 Å². The van der Waals surface area contributed by atoms with Gasteiger partial charge in [-0.1, -0.05) is 20.3 Å². The van der Waals surface area contributed by atoms with E-state index >= 15 is 0 Å². The number of anilines is 2. The summed E-state index contributed by atoms with van der Waals surface area (Å²) in [5, 5.41) is 3.92. The summed E-state index contributed by atoms with van der Waals surface area (Å²) in [5.41, 5.74) is 7.26. The summed E-state index contributed by atoms with van der Waals surface area (Å²) in [6.07, 6.45) is 2.70. The molecule has 0 bridgehead atoms. The standard InChI is InChI=1S/C14H18FN3/c1-3-9(2)8-18-14-11(15)7-12(16)10-5-4-6-17-13(10)14/h4-7,9,18H,3,8,16H2,1-2H3. The first kappa shape index (κ1) is 12.6. The fourth-order valence-electron chi connectivity index (χ4n) is 1.83. The highest BCUT2D eigenvalue weighted by Crippen LogP contribution is 2.29. The number of halogens is 1. The molecule has 1 unspecified atom stereocenters. The second-order valence-electron chi connectivity index (χ2n) is 4.62. The van der Waals surface area contributed by atoms with Crippen molar-refractivity contribution in [1.82, 2.24) is 4.98 Å². The van der Waals surface area contributed by atoms with Crippen LogP contribution < -0.4 is 11.1 Å². The minimum absolute atomic E-state index is 0.345. The van der Waals surface area contributed by atoms with Crippen molar-refractivity contribution < 1.29 is 4.39 Å². The Hall–Kier alpha value is -1.84. The molecule has 0 fully saturated rings. The van der Waals surface area contributed by atoms with Gasteiger partial charge in [-0.3, -0.25) is 4.98 Å². The first-order valence-electron chi connectivity index (χ1n) is 6.20. The zero-order valence-electron chi connectivity index (χ0n) is 10.7. The summed E-state index contributed by atoms with van der Waals surface area (Å²) in [6.45, 7) is 4.96. The van der Waals surface area contributed by atoms with Gasteiger partial charge in [0, 0.05) is 23.8 Å². The predicted molar refractivity (Wildman–Crippen MR) is 74.1 cm³/mol. The molecule has 1 aromatic heterocycles. The Kier molecular flexibility index (Phi) is 3.65. The van der Waals surface area contributed by atoms with Crippen LogP contribution in [0.3, 0.4) is 0 Å². The molecule has 3 N–H and O–H groups in total. The minimum Gasteiger partial charge on any atom is -0.398 e. The molecule has 4 heteroatoms. The van der Waals surface area contributed by atoms with Crippen molar-refractivity contribution in [2.45, 2.75) is 20.3 Å². The van der Waals surface area contributed by atoms with Crippen LogP contribution in [0.5, 0.6) is 0 Å². The molecule has 1 aromatic carbocycles. The zero-order chi connectivity index (χ0) is 13.1. The third-order valence-electron chi connectivity index (χ3n) is 3.20. The summed E-state index contributed by atoms with van der Waals surface area (Å²) in [5.74, 6) is 0.141. The van der Waals surface area contributed by atoms with Gasteiger partial charge in [-0.25, -0.2) is 4.39 Å². The summed E-state index contributed by atoms with van der Waals surface area (Å²) in [7, 11) is 0. The number of aromatic nitrogens is 1. The average molecular weight is 247 g/mol. The van der Waals surface area contributed by atoms with Crippen molar-refractivity contribution >= 4 is 22.3 Å². The molecule has 3 nitrogen and oxygen atoms in total. The van der Waals surface area contributed by atoms with Gasteiger partial charge in [-0.2, -0.15) is 0 Å². The number of nitrogens with zero attached hydrogens (tertiary/aromatic N) is 1. The van der Waals surface area contributed by atoms with Crippen LogP contribution in [0.4, 0.5) is 15.8 Å². The first-order chi connectivity index (χ1) is 8.63. The Bertz CT molecular complexity index is 554. The molecule has 0 radical (unpaired) electrons. The normalized spacial score (nSPS) is 12.6. The van der Waals surface area contributed by atoms with Crippen LogP contribution in [0.1, 0.15) is 20.3 Å². The van der Waals surface area contributed by atoms with Gasteiger partial charge < -0.3 is 11.1 Å². The number of pyridine rings is 1. The van der Waals surface area contributed by atoms with Crippen LogP contribution in [-0.4, -0.2) is 11.5 Å². The molecular weight excluding hydrogens is 229 g/mol. The van der Waals surface area contributed by atoms with Gasteiger partial charge in [-0.05, 0) is 24.1 Å². The molecule has 0 saturated carbocycles. The van der Waals surface area contributed by atoms with Crippen molar-refractivity contribution in [3.05, 3.63) is 30.2 Å². The van der Waals surface area contributed by atoms with E-state index in [0.717, 1.165) is 18.4 Å². The molecule has 18 heavy (non-hydrogen) atoms. The summed E-state index contributed by atoms with van der Waals surface area (Å²) in [6, 6.07) is 5.00. The third kappa shape index (κ3) is 2.37. The highest BCUT2D eigenvalue weighted by Gasteiger charge is 2.12. The zero-order valence-corrected chi connectivity index (χ0v) is 10.7. The number of nitrogen functional groups attached to an aromatic ring is 1. The van der Waals surface area contributed by atoms with Crippen LogP contribution >= 0.6 is 0 Å². The van der Waals surface area contributed by atoms with Crippen LogP contribution in [0, 0.1) is 11.7 Å². The van der Waals surface area contributed by atoms with Crippen LogP contribution in [0.15, 0.2) is 24.4 Å². The van der Waals surface area contributed by atoms with E-state index in [0.29, 0.717) is 22.8 Å². The Balaban J connectivity index is 2.43.